The van der Waals surface area contributed by atoms with Crippen molar-refractivity contribution < 1.29 is 46.6 Å². The number of benzene rings is 1. The molecule has 3 heterocycles. The number of Topliss-reactive ketones (excluding diaryl/α,β-unsaturated/α-hetero) is 1. The van der Waals surface area contributed by atoms with Crippen molar-refractivity contribution in [2.75, 3.05) is 13.2 Å². The summed E-state index contributed by atoms with van der Waals surface area (Å²) in [6.45, 7) is -0.367. The second kappa shape index (κ2) is 14.2. The standard InChI is InChI=1S/C34H43FN4O9S/c35-28-10-6-8-22-18-38(20-27(22)28)33(45)48-25-16-29-30(42)36-34(32(44)37-49(46,47)26-11-12-26)17-23(34)9-5-3-1-2-4-7-21(15-24(41)13-14-40)31(43)39(29)19-25/h5-6,8-10,21,23,25-26,29,40H,1-4,7,11-20H2,(H,36,42)(H,37,44)/b9-5-/t21-,23-,25-,29+,34-/m1/s1. The number of ketones is 1. The van der Waals surface area contributed by atoms with Crippen LogP contribution in [0.4, 0.5) is 9.18 Å². The third-order valence-electron chi connectivity index (χ3n) is 10.3. The lowest BCUT2D eigenvalue weighted by Gasteiger charge is -2.29. The predicted octanol–water partition coefficient (Wildman–Crippen LogP) is 2.21. The Hall–Kier alpha value is -3.85. The summed E-state index contributed by atoms with van der Waals surface area (Å²) in [5.74, 6) is -3.98. The van der Waals surface area contributed by atoms with E-state index in [1.807, 2.05) is 12.2 Å². The summed E-state index contributed by atoms with van der Waals surface area (Å²) in [5, 5.41) is 11.4. The molecule has 0 radical (unpaired) electrons. The molecule has 5 aliphatic rings. The van der Waals surface area contributed by atoms with Crippen LogP contribution in [0.2, 0.25) is 0 Å². The maximum absolute atomic E-state index is 14.4. The summed E-state index contributed by atoms with van der Waals surface area (Å²) in [6, 6.07) is 3.41. The molecule has 13 nitrogen and oxygen atoms in total. The van der Waals surface area contributed by atoms with Gasteiger partial charge in [0, 0.05) is 49.8 Å². The highest BCUT2D eigenvalue weighted by Gasteiger charge is 2.62. The fourth-order valence-electron chi connectivity index (χ4n) is 7.21. The summed E-state index contributed by atoms with van der Waals surface area (Å²) >= 11 is 0. The van der Waals surface area contributed by atoms with Crippen LogP contribution in [0.5, 0.6) is 0 Å². The van der Waals surface area contributed by atoms with Crippen molar-refractivity contribution in [2.24, 2.45) is 11.8 Å². The van der Waals surface area contributed by atoms with Crippen molar-refractivity contribution in [2.45, 2.75) is 107 Å². The maximum atomic E-state index is 14.4. The number of allylic oxidation sites excluding steroid dienone is 1. The van der Waals surface area contributed by atoms with Crippen LogP contribution < -0.4 is 10.0 Å². The number of hydrogen-bond acceptors (Lipinski definition) is 9. The van der Waals surface area contributed by atoms with Gasteiger partial charge in [0.2, 0.25) is 21.8 Å². The zero-order valence-corrected chi connectivity index (χ0v) is 28.1. The van der Waals surface area contributed by atoms with Gasteiger partial charge < -0.3 is 20.1 Å². The summed E-state index contributed by atoms with van der Waals surface area (Å²) in [4.78, 5) is 70.3. The van der Waals surface area contributed by atoms with Crippen molar-refractivity contribution in [3.8, 4) is 0 Å². The molecule has 0 aromatic heterocycles. The highest BCUT2D eigenvalue weighted by atomic mass is 32.2. The van der Waals surface area contributed by atoms with E-state index in [9.17, 15) is 41.9 Å². The number of halogens is 1. The monoisotopic (exact) mass is 702 g/mol. The molecule has 3 fully saturated rings. The Kier molecular flexibility index (Phi) is 10.1. The van der Waals surface area contributed by atoms with Gasteiger partial charge in [0.05, 0.1) is 18.3 Å². The van der Waals surface area contributed by atoms with Crippen molar-refractivity contribution in [1.82, 2.24) is 19.8 Å². The molecule has 1 aromatic carbocycles. The molecule has 1 aromatic rings. The Balaban J connectivity index is 1.24. The molecule has 5 atom stereocenters. The number of nitrogens with one attached hydrogen (secondary N) is 2. The first-order chi connectivity index (χ1) is 23.4. The largest absolute Gasteiger partial charge is 0.444 e. The van der Waals surface area contributed by atoms with Gasteiger partial charge in [0.1, 0.15) is 29.3 Å². The highest BCUT2D eigenvalue weighted by Crippen LogP contribution is 2.46. The normalized spacial score (nSPS) is 29.4. The number of ether oxygens (including phenoxy) is 1. The molecule has 0 spiro atoms. The Morgan fingerprint density at radius 3 is 2.63 bits per heavy atom. The first kappa shape index (κ1) is 35.0. The van der Waals surface area contributed by atoms with Crippen molar-refractivity contribution in [3.63, 3.8) is 0 Å². The Bertz CT molecular complexity index is 1650. The number of aliphatic hydroxyl groups is 1. The number of rotatable bonds is 8. The number of aliphatic hydroxyl groups excluding tert-OH is 1. The molecule has 4 amide bonds. The molecular weight excluding hydrogens is 659 g/mol. The zero-order valence-electron chi connectivity index (χ0n) is 27.3. The van der Waals surface area contributed by atoms with Gasteiger partial charge in [-0.2, -0.15) is 0 Å². The number of sulfonamides is 1. The van der Waals surface area contributed by atoms with Crippen LogP contribution >= 0.6 is 0 Å². The van der Waals surface area contributed by atoms with Crippen LogP contribution in [0, 0.1) is 17.7 Å². The second-order valence-electron chi connectivity index (χ2n) is 13.9. The number of carbonyl (C=O) groups is 5. The average Bonchev–Trinajstić information content (AvgIpc) is 3.94. The Labute approximate surface area is 284 Å². The minimum Gasteiger partial charge on any atom is -0.444 e. The smallest absolute Gasteiger partial charge is 0.410 e. The van der Waals surface area contributed by atoms with E-state index in [-0.39, 0.29) is 57.7 Å². The SMILES string of the molecule is O=C(CCO)C[C@H]1CCCCC/C=C\[C@@H]2C[C@@]2(C(=O)NS(=O)(=O)C2CC2)NC(=O)[C@@H]2C[C@@H](OC(=O)N3Cc4cccc(F)c4C3)CN2C1=O. The molecule has 3 N–H and O–H groups in total. The first-order valence-corrected chi connectivity index (χ1v) is 18.7. The average molecular weight is 703 g/mol. The minimum atomic E-state index is -3.91. The summed E-state index contributed by atoms with van der Waals surface area (Å²) in [6.07, 6.45) is 6.04. The highest BCUT2D eigenvalue weighted by molar-refractivity contribution is 7.91. The fraction of sp³-hybridized carbons (Fsp3) is 0.618. The minimum absolute atomic E-state index is 0.00542. The maximum Gasteiger partial charge on any atom is 0.410 e. The second-order valence-corrected chi connectivity index (χ2v) is 15.9. The molecular formula is C34H43FN4O9S. The Morgan fingerprint density at radius 2 is 1.90 bits per heavy atom. The molecule has 3 aliphatic heterocycles. The lowest BCUT2D eigenvalue weighted by Crippen LogP contribution is -2.57. The van der Waals surface area contributed by atoms with Crippen molar-refractivity contribution >= 4 is 39.6 Å². The van der Waals surface area contributed by atoms with Crippen LogP contribution in [0.1, 0.15) is 81.8 Å². The summed E-state index contributed by atoms with van der Waals surface area (Å²) in [5.41, 5.74) is -0.494. The van der Waals surface area contributed by atoms with E-state index in [4.69, 9.17) is 4.74 Å². The van der Waals surface area contributed by atoms with Gasteiger partial charge in [-0.1, -0.05) is 37.1 Å². The quantitative estimate of drug-likeness (QED) is 0.343. The molecule has 15 heteroatoms. The number of nitrogens with zero attached hydrogens (tertiary/aromatic N) is 2. The van der Waals surface area contributed by atoms with Gasteiger partial charge in [-0.05, 0) is 50.2 Å². The van der Waals surface area contributed by atoms with Crippen molar-refractivity contribution in [1.29, 1.82) is 0 Å². The fourth-order valence-corrected chi connectivity index (χ4v) is 8.57. The van der Waals surface area contributed by atoms with E-state index >= 15 is 0 Å². The van der Waals surface area contributed by atoms with E-state index < -0.39 is 74.4 Å². The number of carbonyl (C=O) groups excluding carboxylic acids is 5. The third kappa shape index (κ3) is 7.67. The number of amides is 4. The third-order valence-corrected chi connectivity index (χ3v) is 12.1. The van der Waals surface area contributed by atoms with Gasteiger partial charge in [-0.15, -0.1) is 0 Å². The molecule has 266 valence electrons. The molecule has 49 heavy (non-hydrogen) atoms. The van der Waals surface area contributed by atoms with E-state index in [0.29, 0.717) is 43.2 Å². The lowest BCUT2D eigenvalue weighted by molar-refractivity contribution is -0.144. The van der Waals surface area contributed by atoms with E-state index in [2.05, 4.69) is 10.0 Å². The lowest BCUT2D eigenvalue weighted by atomic mass is 9.92. The molecule has 2 saturated carbocycles. The first-order valence-electron chi connectivity index (χ1n) is 17.1. The van der Waals surface area contributed by atoms with Crippen LogP contribution in [0.25, 0.3) is 0 Å². The van der Waals surface area contributed by atoms with Crippen LogP contribution in [-0.2, 0) is 47.0 Å². The van der Waals surface area contributed by atoms with Crippen molar-refractivity contribution in [3.05, 3.63) is 47.3 Å². The molecule has 0 unspecified atom stereocenters. The molecule has 6 rings (SSSR count). The van der Waals surface area contributed by atoms with E-state index in [1.165, 1.54) is 15.9 Å². The van der Waals surface area contributed by atoms with Gasteiger partial charge in [-0.25, -0.2) is 17.6 Å². The molecule has 0 bridgehead atoms. The molecule has 1 saturated heterocycles. The number of fused-ring (bicyclic) bond motifs is 3. The summed E-state index contributed by atoms with van der Waals surface area (Å²) < 4.78 is 47.7. The van der Waals surface area contributed by atoms with Crippen LogP contribution in [0.3, 0.4) is 0 Å². The van der Waals surface area contributed by atoms with Crippen LogP contribution in [0.15, 0.2) is 30.4 Å². The zero-order chi connectivity index (χ0) is 34.9. The van der Waals surface area contributed by atoms with E-state index in [1.54, 1.807) is 12.1 Å². The van der Waals surface area contributed by atoms with Gasteiger partial charge in [-0.3, -0.25) is 28.8 Å². The Morgan fingerprint density at radius 1 is 1.10 bits per heavy atom. The predicted molar refractivity (Wildman–Crippen MR) is 172 cm³/mol. The topological polar surface area (TPSA) is 179 Å². The van der Waals surface area contributed by atoms with Gasteiger partial charge in [0.25, 0.3) is 5.91 Å². The van der Waals surface area contributed by atoms with Crippen LogP contribution in [-0.4, -0.2) is 89.0 Å². The van der Waals surface area contributed by atoms with E-state index in [0.717, 1.165) is 12.8 Å². The number of hydrogen-bond donors (Lipinski definition) is 3. The van der Waals surface area contributed by atoms with Gasteiger partial charge >= 0.3 is 6.09 Å². The van der Waals surface area contributed by atoms with Gasteiger partial charge in [0.15, 0.2) is 0 Å². The molecule has 2 aliphatic carbocycles. The summed E-state index contributed by atoms with van der Waals surface area (Å²) in [7, 11) is -3.91.